The molecule has 2 unspecified atom stereocenters. The van der Waals surface area contributed by atoms with Gasteiger partial charge in [0.2, 0.25) is 0 Å². The van der Waals surface area contributed by atoms with Crippen molar-refractivity contribution in [3.05, 3.63) is 117 Å². The number of hydrazine groups is 1. The topological polar surface area (TPSA) is 145 Å². The highest BCUT2D eigenvalue weighted by Crippen LogP contribution is 2.34. The van der Waals surface area contributed by atoms with Crippen molar-refractivity contribution in [3.8, 4) is 0 Å². The molecule has 2 heterocycles. The number of sulfonamides is 1. The Morgan fingerprint density at radius 2 is 1.62 bits per heavy atom. The smallest absolute Gasteiger partial charge is 0.273 e. The number of rotatable bonds is 13. The third kappa shape index (κ3) is 8.39. The Balaban J connectivity index is 1.41. The molecule has 3 amide bonds. The maximum absolute atomic E-state index is 14.8. The monoisotopic (exact) mass is 804 g/mol. The van der Waals surface area contributed by atoms with E-state index in [2.05, 4.69) is 24.0 Å². The highest BCUT2D eigenvalue weighted by Gasteiger charge is 2.37. The molecule has 4 aromatic rings. The lowest BCUT2D eigenvalue weighted by Gasteiger charge is -2.37. The van der Waals surface area contributed by atoms with Gasteiger partial charge in [0.1, 0.15) is 5.70 Å². The van der Waals surface area contributed by atoms with Crippen LogP contribution < -0.4 is 20.9 Å². The van der Waals surface area contributed by atoms with Gasteiger partial charge < -0.3 is 15.5 Å². The molecule has 0 aliphatic carbocycles. The van der Waals surface area contributed by atoms with Gasteiger partial charge in [0.05, 0.1) is 32.8 Å². The Morgan fingerprint density at radius 1 is 0.909 bits per heavy atom. The lowest BCUT2D eigenvalue weighted by atomic mass is 9.92. The van der Waals surface area contributed by atoms with Gasteiger partial charge in [-0.15, -0.1) is 0 Å². The summed E-state index contributed by atoms with van der Waals surface area (Å²) in [6.07, 6.45) is 3.97. The Hall–Kier alpha value is -4.46. The van der Waals surface area contributed by atoms with E-state index in [0.717, 1.165) is 42.2 Å². The molecule has 11 nitrogen and oxygen atoms in total. The van der Waals surface area contributed by atoms with Crippen LogP contribution >= 0.6 is 23.2 Å². The molecule has 2 atom stereocenters. The zero-order valence-electron chi connectivity index (χ0n) is 31.1. The first-order valence-corrected chi connectivity index (χ1v) is 20.8. The number of nitrogens with zero attached hydrogens (tertiary/aromatic N) is 3. The summed E-state index contributed by atoms with van der Waals surface area (Å²) < 4.78 is 29.6. The quantitative estimate of drug-likeness (QED) is 0.135. The van der Waals surface area contributed by atoms with Crippen molar-refractivity contribution in [2.75, 3.05) is 24.6 Å². The molecule has 14 heteroatoms. The van der Waals surface area contributed by atoms with Gasteiger partial charge in [0.25, 0.3) is 27.7 Å². The van der Waals surface area contributed by atoms with E-state index in [1.165, 1.54) is 24.3 Å². The van der Waals surface area contributed by atoms with Gasteiger partial charge in [-0.3, -0.25) is 19.4 Å². The summed E-state index contributed by atoms with van der Waals surface area (Å²) >= 11 is 13.2. The van der Waals surface area contributed by atoms with Crippen LogP contribution in [0.5, 0.6) is 0 Å². The summed E-state index contributed by atoms with van der Waals surface area (Å²) in [6, 6.07) is 21.0. The number of nitrogens with two attached hydrogens (primary N) is 1. The van der Waals surface area contributed by atoms with Crippen molar-refractivity contribution >= 4 is 67.4 Å². The molecule has 290 valence electrons. The number of unbranched alkanes of at least 4 members (excludes halogenated alkanes) is 2. The fourth-order valence-electron chi connectivity index (χ4n) is 7.04. The van der Waals surface area contributed by atoms with E-state index in [1.54, 1.807) is 45.1 Å². The molecule has 2 aliphatic rings. The first-order valence-electron chi connectivity index (χ1n) is 18.6. The van der Waals surface area contributed by atoms with E-state index in [4.69, 9.17) is 28.9 Å². The van der Waals surface area contributed by atoms with Crippen molar-refractivity contribution in [3.63, 3.8) is 0 Å². The normalized spacial score (nSPS) is 17.1. The van der Waals surface area contributed by atoms with E-state index < -0.39 is 33.9 Å². The molecule has 2 aliphatic heterocycles. The van der Waals surface area contributed by atoms with Crippen molar-refractivity contribution in [2.45, 2.75) is 76.4 Å². The second-order valence-corrected chi connectivity index (χ2v) is 16.5. The Bertz CT molecular complexity index is 2260. The number of carbonyl (C=O) groups excluding carboxylic acids is 3. The van der Waals surface area contributed by atoms with E-state index in [1.807, 2.05) is 31.2 Å². The minimum absolute atomic E-state index is 0.0670. The summed E-state index contributed by atoms with van der Waals surface area (Å²) in [5, 5.41) is 3.47. The van der Waals surface area contributed by atoms with Gasteiger partial charge in [-0.2, -0.15) is 0 Å². The van der Waals surface area contributed by atoms with Crippen LogP contribution in [0, 0.1) is 0 Å². The van der Waals surface area contributed by atoms with Gasteiger partial charge in [-0.25, -0.2) is 18.6 Å². The number of anilines is 1. The molecule has 4 aromatic carbocycles. The molecule has 0 bridgehead atoms. The second kappa shape index (κ2) is 17.1. The zero-order valence-corrected chi connectivity index (χ0v) is 33.5. The van der Waals surface area contributed by atoms with E-state index in [0.29, 0.717) is 40.6 Å². The molecule has 4 N–H and O–H groups in total. The van der Waals surface area contributed by atoms with Crippen LogP contribution in [-0.2, 0) is 27.8 Å². The van der Waals surface area contributed by atoms with Gasteiger partial charge in [-0.1, -0.05) is 92.4 Å². The average Bonchev–Trinajstić information content (AvgIpc) is 3.49. The van der Waals surface area contributed by atoms with Crippen LogP contribution in [0.1, 0.15) is 78.3 Å². The van der Waals surface area contributed by atoms with E-state index >= 15 is 0 Å². The summed E-state index contributed by atoms with van der Waals surface area (Å²) in [7, 11) is -4.42. The molecular formula is C41H46Cl2N6O5S. The Labute approximate surface area is 332 Å². The van der Waals surface area contributed by atoms with Crippen LogP contribution in [-0.4, -0.2) is 67.7 Å². The summed E-state index contributed by atoms with van der Waals surface area (Å²) in [5.41, 5.74) is 11.8. The SMILES string of the molecule is CCCCN(CCCC)C(=O)C1=C(Cl)C(C)NN1c1ccc(C(=O)NS(=O)(=O)c2ccc3cccc(Cl)c3c2)c(C(=O)N2Cc3ccccc3CC2CN)c1. The minimum atomic E-state index is -4.42. The van der Waals surface area contributed by atoms with Gasteiger partial charge in [-0.05, 0) is 79.1 Å². The number of fused-ring (bicyclic) bond motifs is 2. The predicted molar refractivity (Wildman–Crippen MR) is 217 cm³/mol. The van der Waals surface area contributed by atoms with E-state index in [9.17, 15) is 22.8 Å². The number of hydrogen-bond donors (Lipinski definition) is 3. The molecule has 0 aromatic heterocycles. The number of hydrogen-bond acceptors (Lipinski definition) is 8. The average molecular weight is 806 g/mol. The lowest BCUT2D eigenvalue weighted by Crippen LogP contribution is -2.48. The van der Waals surface area contributed by atoms with Crippen LogP contribution in [0.3, 0.4) is 0 Å². The number of amides is 3. The fraction of sp³-hybridized carbons (Fsp3) is 0.341. The first kappa shape index (κ1) is 40.2. The standard InChI is InChI=1S/C41H46Cl2N6O5S/c1-4-6-19-47(20-7-5-2)41(52)38-37(43)26(3)45-49(38)30-16-18-33(35(22-30)40(51)48-25-29-12-9-8-11-28(29)21-31(48)24-44)39(50)46-55(53,54)32-17-15-27-13-10-14-36(42)34(27)23-32/h8-18,22-23,26,31,45H,4-7,19-21,24-25,44H2,1-3H3,(H,46,50). The number of nitrogens with one attached hydrogen (secondary N) is 2. The number of carbonyl (C=O) groups is 3. The maximum atomic E-state index is 14.8. The Kier molecular flexibility index (Phi) is 12.5. The highest BCUT2D eigenvalue weighted by molar-refractivity contribution is 7.90. The van der Waals surface area contributed by atoms with Crippen LogP contribution in [0.2, 0.25) is 5.02 Å². The molecule has 0 saturated carbocycles. The van der Waals surface area contributed by atoms with Crippen molar-refractivity contribution in [1.29, 1.82) is 0 Å². The minimum Gasteiger partial charge on any atom is -0.337 e. The van der Waals surface area contributed by atoms with Crippen molar-refractivity contribution < 1.29 is 22.8 Å². The molecule has 55 heavy (non-hydrogen) atoms. The molecular weight excluding hydrogens is 759 g/mol. The number of halogens is 2. The van der Waals surface area contributed by atoms with Crippen molar-refractivity contribution in [2.24, 2.45) is 5.73 Å². The largest absolute Gasteiger partial charge is 0.337 e. The van der Waals surface area contributed by atoms with Gasteiger partial charge in [0, 0.05) is 42.6 Å². The fourth-order valence-corrected chi connectivity index (χ4v) is 8.49. The van der Waals surface area contributed by atoms with Gasteiger partial charge >= 0.3 is 0 Å². The maximum Gasteiger partial charge on any atom is 0.273 e. The molecule has 0 radical (unpaired) electrons. The zero-order chi connectivity index (χ0) is 39.4. The molecule has 0 spiro atoms. The molecule has 6 rings (SSSR count). The highest BCUT2D eigenvalue weighted by atomic mass is 35.5. The molecule has 0 fully saturated rings. The van der Waals surface area contributed by atoms with Crippen LogP contribution in [0.25, 0.3) is 10.8 Å². The Morgan fingerprint density at radius 3 is 2.31 bits per heavy atom. The van der Waals surface area contributed by atoms with E-state index in [-0.39, 0.29) is 40.7 Å². The summed E-state index contributed by atoms with van der Waals surface area (Å²) in [5.74, 6) is -1.78. The third-order valence-corrected chi connectivity index (χ3v) is 12.3. The van der Waals surface area contributed by atoms with Gasteiger partial charge in [0.15, 0.2) is 0 Å². The third-order valence-electron chi connectivity index (χ3n) is 10.2. The predicted octanol–water partition coefficient (Wildman–Crippen LogP) is 6.73. The first-order chi connectivity index (χ1) is 26.4. The van der Waals surface area contributed by atoms with Crippen molar-refractivity contribution in [1.82, 2.24) is 19.9 Å². The number of benzene rings is 4. The summed E-state index contributed by atoms with van der Waals surface area (Å²) in [6.45, 7) is 7.47. The second-order valence-electron chi connectivity index (χ2n) is 14.0. The lowest BCUT2D eigenvalue weighted by molar-refractivity contribution is -0.127. The van der Waals surface area contributed by atoms with Crippen LogP contribution in [0.4, 0.5) is 5.69 Å². The van der Waals surface area contributed by atoms with Crippen LogP contribution in [0.15, 0.2) is 94.5 Å². The summed E-state index contributed by atoms with van der Waals surface area (Å²) in [4.78, 5) is 46.3. The molecule has 0 saturated heterocycles.